The summed E-state index contributed by atoms with van der Waals surface area (Å²) >= 11 is 0. The average Bonchev–Trinajstić information content (AvgIpc) is 3.22. The van der Waals surface area contributed by atoms with Gasteiger partial charge in [-0.1, -0.05) is 0 Å². The van der Waals surface area contributed by atoms with Gasteiger partial charge in [0.05, 0.1) is 11.8 Å². The van der Waals surface area contributed by atoms with Gasteiger partial charge in [-0.25, -0.2) is 0 Å². The molecule has 7 heteroatoms. The summed E-state index contributed by atoms with van der Waals surface area (Å²) < 4.78 is 10.5. The van der Waals surface area contributed by atoms with Gasteiger partial charge < -0.3 is 14.8 Å². The Morgan fingerprint density at radius 2 is 1.92 bits per heavy atom. The second-order valence-corrected chi connectivity index (χ2v) is 7.21. The molecule has 3 aliphatic rings. The second-order valence-electron chi connectivity index (χ2n) is 7.21. The minimum atomic E-state index is -0.498. The van der Waals surface area contributed by atoms with Crippen molar-refractivity contribution in [1.29, 1.82) is 0 Å². The highest BCUT2D eigenvalue weighted by molar-refractivity contribution is 5.96. The van der Waals surface area contributed by atoms with Crippen molar-refractivity contribution in [2.75, 3.05) is 11.9 Å². The van der Waals surface area contributed by atoms with Crippen molar-refractivity contribution in [1.82, 2.24) is 0 Å². The van der Waals surface area contributed by atoms with Crippen molar-refractivity contribution in [3.8, 4) is 0 Å². The number of ether oxygens (including phenoxy) is 2. The van der Waals surface area contributed by atoms with Crippen molar-refractivity contribution < 1.29 is 28.7 Å². The molecule has 4 rings (SSSR count). The van der Waals surface area contributed by atoms with Crippen LogP contribution in [0.15, 0.2) is 24.3 Å². The SMILES string of the molecule is CC(=O)c1ccc(NC(=O)COC(=O)[C@H]2[C@H]3C[C@@H]4[C@@H]2C(=O)O[C@@H]4C3)cc1. The Morgan fingerprint density at radius 1 is 1.19 bits per heavy atom. The first-order valence-electron chi connectivity index (χ1n) is 8.72. The molecule has 0 aromatic heterocycles. The fourth-order valence-electron chi connectivity index (χ4n) is 4.54. The fourth-order valence-corrected chi connectivity index (χ4v) is 4.54. The van der Waals surface area contributed by atoms with Gasteiger partial charge in [0.1, 0.15) is 6.10 Å². The van der Waals surface area contributed by atoms with E-state index in [1.54, 1.807) is 24.3 Å². The fraction of sp³-hybridized carbons (Fsp3) is 0.474. The number of fused-ring (bicyclic) bond motifs is 1. The van der Waals surface area contributed by atoms with Crippen molar-refractivity contribution in [2.24, 2.45) is 23.7 Å². The minimum absolute atomic E-state index is 0.0391. The van der Waals surface area contributed by atoms with Crippen LogP contribution in [0.25, 0.3) is 0 Å². The molecular formula is C19H19NO6. The predicted molar refractivity (Wildman–Crippen MR) is 89.1 cm³/mol. The van der Waals surface area contributed by atoms with Gasteiger partial charge in [0.2, 0.25) is 0 Å². The quantitative estimate of drug-likeness (QED) is 0.634. The van der Waals surface area contributed by atoms with Crippen LogP contribution in [0.5, 0.6) is 0 Å². The van der Waals surface area contributed by atoms with E-state index in [1.165, 1.54) is 6.92 Å². The molecule has 26 heavy (non-hydrogen) atoms. The minimum Gasteiger partial charge on any atom is -0.462 e. The standard InChI is InChI=1S/C19H19NO6/c1-9(21)10-2-4-12(5-3-10)20-15(22)8-25-18(23)16-11-6-13-14(7-11)26-19(24)17(13)16/h2-5,11,13-14,16-17H,6-8H2,1H3,(H,20,22)/t11-,13-,14+,16-,17-/m0/s1. The predicted octanol–water partition coefficient (Wildman–Crippen LogP) is 1.57. The Morgan fingerprint density at radius 3 is 2.62 bits per heavy atom. The number of amides is 1. The molecule has 1 aromatic rings. The first-order chi connectivity index (χ1) is 12.4. The summed E-state index contributed by atoms with van der Waals surface area (Å²) in [7, 11) is 0. The number of ketones is 1. The number of benzene rings is 1. The lowest BCUT2D eigenvalue weighted by molar-refractivity contribution is -0.157. The molecule has 7 nitrogen and oxygen atoms in total. The zero-order valence-corrected chi connectivity index (χ0v) is 14.3. The molecule has 5 atom stereocenters. The van der Waals surface area contributed by atoms with E-state index in [1.807, 2.05) is 0 Å². The molecule has 2 saturated carbocycles. The first-order valence-corrected chi connectivity index (χ1v) is 8.72. The van der Waals surface area contributed by atoms with Crippen LogP contribution in [0.3, 0.4) is 0 Å². The van der Waals surface area contributed by atoms with Crippen LogP contribution in [0.2, 0.25) is 0 Å². The summed E-state index contributed by atoms with van der Waals surface area (Å²) in [5.74, 6) is -2.00. The van der Waals surface area contributed by atoms with Crippen molar-refractivity contribution in [3.05, 3.63) is 29.8 Å². The topological polar surface area (TPSA) is 98.8 Å². The van der Waals surface area contributed by atoms with Crippen LogP contribution in [-0.4, -0.2) is 36.3 Å². The van der Waals surface area contributed by atoms with Crippen molar-refractivity contribution >= 4 is 29.3 Å². The maximum absolute atomic E-state index is 12.4. The van der Waals surface area contributed by atoms with Crippen molar-refractivity contribution in [2.45, 2.75) is 25.9 Å². The molecule has 1 aromatic carbocycles. The highest BCUT2D eigenvalue weighted by atomic mass is 16.6. The highest BCUT2D eigenvalue weighted by Gasteiger charge is 2.64. The number of Topliss-reactive ketones (excluding diaryl/α,β-unsaturated/α-hetero) is 1. The summed E-state index contributed by atoms with van der Waals surface area (Å²) in [6, 6.07) is 6.45. The molecule has 0 spiro atoms. The monoisotopic (exact) mass is 357 g/mol. The van der Waals surface area contributed by atoms with Crippen LogP contribution in [0.1, 0.15) is 30.1 Å². The van der Waals surface area contributed by atoms with Gasteiger partial charge in [-0.3, -0.25) is 19.2 Å². The highest BCUT2D eigenvalue weighted by Crippen LogP contribution is 2.57. The van der Waals surface area contributed by atoms with E-state index in [-0.39, 0.29) is 29.7 Å². The maximum Gasteiger partial charge on any atom is 0.310 e. The van der Waals surface area contributed by atoms with E-state index in [0.717, 1.165) is 6.42 Å². The Bertz CT molecular complexity index is 784. The molecule has 1 saturated heterocycles. The molecule has 1 aliphatic heterocycles. The third kappa shape index (κ3) is 2.77. The van der Waals surface area contributed by atoms with Crippen LogP contribution in [0.4, 0.5) is 5.69 Å². The average molecular weight is 357 g/mol. The van der Waals surface area contributed by atoms with Crippen LogP contribution >= 0.6 is 0 Å². The number of hydrogen-bond donors (Lipinski definition) is 1. The van der Waals surface area contributed by atoms with Gasteiger partial charge in [-0.15, -0.1) is 0 Å². The van der Waals surface area contributed by atoms with Crippen LogP contribution in [-0.2, 0) is 23.9 Å². The summed E-state index contributed by atoms with van der Waals surface area (Å²) in [5, 5.41) is 2.61. The number of carbonyl (C=O) groups excluding carboxylic acids is 4. The lowest BCUT2D eigenvalue weighted by Gasteiger charge is -2.22. The molecule has 0 radical (unpaired) electrons. The number of anilines is 1. The van der Waals surface area contributed by atoms with E-state index in [4.69, 9.17) is 9.47 Å². The molecule has 2 bridgehead atoms. The molecular weight excluding hydrogens is 338 g/mol. The Balaban J connectivity index is 1.31. The summed E-state index contributed by atoms with van der Waals surface area (Å²) in [5.41, 5.74) is 1.06. The molecule has 3 fully saturated rings. The van der Waals surface area contributed by atoms with E-state index >= 15 is 0 Å². The normalized spacial score (nSPS) is 30.8. The molecule has 1 amide bonds. The number of esters is 2. The number of nitrogens with one attached hydrogen (secondary N) is 1. The largest absolute Gasteiger partial charge is 0.462 e. The summed E-state index contributed by atoms with van der Waals surface area (Å²) in [6.45, 7) is 1.05. The summed E-state index contributed by atoms with van der Waals surface area (Å²) in [6.07, 6.45) is 1.49. The molecule has 2 aliphatic carbocycles. The van der Waals surface area contributed by atoms with E-state index in [0.29, 0.717) is 17.7 Å². The zero-order chi connectivity index (χ0) is 18.4. The van der Waals surface area contributed by atoms with Gasteiger partial charge in [-0.2, -0.15) is 0 Å². The van der Waals surface area contributed by atoms with Gasteiger partial charge in [0.25, 0.3) is 5.91 Å². The summed E-state index contributed by atoms with van der Waals surface area (Å²) in [4.78, 5) is 47.6. The Hall–Kier alpha value is -2.70. The third-order valence-electron chi connectivity index (χ3n) is 5.68. The smallest absolute Gasteiger partial charge is 0.310 e. The number of hydrogen-bond acceptors (Lipinski definition) is 6. The number of rotatable bonds is 5. The maximum atomic E-state index is 12.4. The van der Waals surface area contributed by atoms with Crippen LogP contribution in [0, 0.1) is 23.7 Å². The lowest BCUT2D eigenvalue weighted by atomic mass is 9.80. The third-order valence-corrected chi connectivity index (χ3v) is 5.68. The van der Waals surface area contributed by atoms with Gasteiger partial charge >= 0.3 is 11.9 Å². The first kappa shape index (κ1) is 16.8. The van der Waals surface area contributed by atoms with Gasteiger partial charge in [0.15, 0.2) is 12.4 Å². The van der Waals surface area contributed by atoms with Gasteiger partial charge in [-0.05, 0) is 49.9 Å². The van der Waals surface area contributed by atoms with Crippen molar-refractivity contribution in [3.63, 3.8) is 0 Å². The molecule has 1 N–H and O–H groups in total. The molecule has 1 heterocycles. The van der Waals surface area contributed by atoms with Gasteiger partial charge in [0, 0.05) is 17.2 Å². The zero-order valence-electron chi connectivity index (χ0n) is 14.3. The Kier molecular flexibility index (Phi) is 4.01. The second kappa shape index (κ2) is 6.23. The van der Waals surface area contributed by atoms with E-state index in [2.05, 4.69) is 5.32 Å². The molecule has 136 valence electrons. The molecule has 0 unspecified atom stereocenters. The number of carbonyl (C=O) groups is 4. The Labute approximate surface area is 150 Å². The lowest BCUT2D eigenvalue weighted by Crippen LogP contribution is -2.34. The van der Waals surface area contributed by atoms with E-state index < -0.39 is 30.3 Å². The van der Waals surface area contributed by atoms with Crippen LogP contribution < -0.4 is 5.32 Å². The van der Waals surface area contributed by atoms with E-state index in [9.17, 15) is 19.2 Å².